The topological polar surface area (TPSA) is 57.5 Å². The summed E-state index contributed by atoms with van der Waals surface area (Å²) in [7, 11) is 7.36. The molecule has 2 N–H and O–H groups in total. The van der Waals surface area contributed by atoms with E-state index in [0.717, 1.165) is 0 Å². The predicted octanol–water partition coefficient (Wildman–Crippen LogP) is 3.87. The van der Waals surface area contributed by atoms with Gasteiger partial charge in [-0.1, -0.05) is 44.2 Å². The van der Waals surface area contributed by atoms with Crippen LogP contribution in [0.2, 0.25) is 0 Å². The van der Waals surface area contributed by atoms with Crippen LogP contribution in [0, 0.1) is 0 Å². The van der Waals surface area contributed by atoms with Gasteiger partial charge in [0.25, 0.3) is 0 Å². The Morgan fingerprint density at radius 1 is 1.13 bits per heavy atom. The molecule has 0 atom stereocenters. The lowest BCUT2D eigenvalue weighted by atomic mass is 10.0. The summed E-state index contributed by atoms with van der Waals surface area (Å²) in [5, 5.41) is 12.0. The minimum absolute atomic E-state index is 0.659. The Bertz CT molecular complexity index is 251. The van der Waals surface area contributed by atoms with Gasteiger partial charge in [0, 0.05) is 21.4 Å². The molecule has 0 fully saturated rings. The molecule has 0 bridgehead atoms. The minimum atomic E-state index is -1.67. The first-order chi connectivity index (χ1) is 7.04. The van der Waals surface area contributed by atoms with E-state index in [1.54, 1.807) is 0 Å². The summed E-state index contributed by atoms with van der Waals surface area (Å²) in [5.74, 6) is 0.659. The Hall–Kier alpha value is -0.130. The lowest BCUT2D eigenvalue weighted by Gasteiger charge is -2.01. The average molecular weight is 273 g/mol. The Labute approximate surface area is 101 Å². The highest BCUT2D eigenvalue weighted by atomic mass is 36.0. The van der Waals surface area contributed by atoms with Gasteiger partial charge >= 0.3 is 0 Å². The number of rotatable bonds is 1. The molecule has 0 aliphatic rings. The van der Waals surface area contributed by atoms with Crippen molar-refractivity contribution in [3.63, 3.8) is 0 Å². The molecular formula is C9H14Cl2O3S. The maximum Gasteiger partial charge on any atom is 0.211 e. The third-order valence-electron chi connectivity index (χ3n) is 1.47. The van der Waals surface area contributed by atoms with Crippen molar-refractivity contribution in [2.45, 2.75) is 19.8 Å². The van der Waals surface area contributed by atoms with Crippen molar-refractivity contribution in [3.05, 3.63) is 35.9 Å². The Morgan fingerprint density at radius 3 is 1.67 bits per heavy atom. The van der Waals surface area contributed by atoms with Crippen molar-refractivity contribution in [1.29, 1.82) is 0 Å². The molecule has 0 aliphatic heterocycles. The summed E-state index contributed by atoms with van der Waals surface area (Å²) >= 11 is 0. The van der Waals surface area contributed by atoms with E-state index in [9.17, 15) is 0 Å². The van der Waals surface area contributed by atoms with Gasteiger partial charge in [0.05, 0.1) is 0 Å². The van der Waals surface area contributed by atoms with Crippen molar-refractivity contribution in [2.24, 2.45) is 0 Å². The summed E-state index contributed by atoms with van der Waals surface area (Å²) in [5.41, 5.74) is 1.41. The summed E-state index contributed by atoms with van der Waals surface area (Å²) < 4.78 is 9.09. The van der Waals surface area contributed by atoms with E-state index in [-0.39, 0.29) is 0 Å². The van der Waals surface area contributed by atoms with Gasteiger partial charge in [-0.3, -0.25) is 10.5 Å². The smallest absolute Gasteiger partial charge is 0.211 e. The molecule has 88 valence electrons. The molecule has 15 heavy (non-hydrogen) atoms. The van der Waals surface area contributed by atoms with Crippen LogP contribution in [-0.4, -0.2) is 14.7 Å². The Kier molecular flexibility index (Phi) is 13.7. The van der Waals surface area contributed by atoms with Crippen molar-refractivity contribution in [2.75, 3.05) is 0 Å². The summed E-state index contributed by atoms with van der Waals surface area (Å²) in [6, 6.07) is 10.5. The summed E-state index contributed by atoms with van der Waals surface area (Å²) in [4.78, 5) is 0. The molecular weight excluding hydrogens is 259 g/mol. The molecule has 0 unspecified atom stereocenters. The second-order valence-electron chi connectivity index (χ2n) is 2.75. The lowest BCUT2D eigenvalue weighted by molar-refractivity contribution is -0.176. The average Bonchev–Trinajstić information content (AvgIpc) is 2.21. The van der Waals surface area contributed by atoms with E-state index in [2.05, 4.69) is 59.5 Å². The number of benzene rings is 1. The molecule has 0 aliphatic carbocycles. The number of halogens is 2. The summed E-state index contributed by atoms with van der Waals surface area (Å²) in [6.45, 7) is 4.41. The van der Waals surface area contributed by atoms with Crippen molar-refractivity contribution >= 4 is 30.6 Å². The number of hydrogen-bond acceptors (Lipinski definition) is 3. The van der Waals surface area contributed by atoms with Crippen LogP contribution in [0.25, 0.3) is 0 Å². The van der Waals surface area contributed by atoms with Crippen LogP contribution in [0.5, 0.6) is 0 Å². The van der Waals surface area contributed by atoms with Crippen LogP contribution in [0.15, 0.2) is 30.3 Å². The SMILES string of the molecule is CC(C)c1ccccc1.O=S(Cl)Cl.OO. The molecule has 0 amide bonds. The molecule has 1 aromatic rings. The summed E-state index contributed by atoms with van der Waals surface area (Å²) in [6.07, 6.45) is 0. The van der Waals surface area contributed by atoms with Gasteiger partial charge in [-0.2, -0.15) is 0 Å². The van der Waals surface area contributed by atoms with Crippen LogP contribution >= 0.6 is 21.4 Å². The molecule has 1 aromatic carbocycles. The van der Waals surface area contributed by atoms with E-state index in [1.165, 1.54) is 5.56 Å². The first kappa shape index (κ1) is 17.3. The fourth-order valence-electron chi connectivity index (χ4n) is 0.838. The molecule has 0 heterocycles. The third-order valence-corrected chi connectivity index (χ3v) is 1.47. The molecule has 0 spiro atoms. The quantitative estimate of drug-likeness (QED) is 0.464. The highest BCUT2D eigenvalue weighted by molar-refractivity contribution is 8.26. The van der Waals surface area contributed by atoms with E-state index in [0.29, 0.717) is 5.92 Å². The normalized spacial score (nSPS) is 8.80. The van der Waals surface area contributed by atoms with Gasteiger partial charge in [0.15, 0.2) is 0 Å². The van der Waals surface area contributed by atoms with Gasteiger partial charge in [-0.05, 0) is 11.5 Å². The molecule has 0 saturated carbocycles. The fourth-order valence-corrected chi connectivity index (χ4v) is 0.838. The van der Waals surface area contributed by atoms with Crippen molar-refractivity contribution < 1.29 is 14.7 Å². The molecule has 0 aromatic heterocycles. The van der Waals surface area contributed by atoms with Crippen LogP contribution in [0.4, 0.5) is 0 Å². The first-order valence-electron chi connectivity index (χ1n) is 4.03. The molecule has 0 saturated heterocycles. The maximum atomic E-state index is 9.09. The van der Waals surface area contributed by atoms with E-state index < -0.39 is 9.23 Å². The Morgan fingerprint density at radius 2 is 1.47 bits per heavy atom. The van der Waals surface area contributed by atoms with Crippen LogP contribution in [0.1, 0.15) is 25.3 Å². The fraction of sp³-hybridized carbons (Fsp3) is 0.333. The minimum Gasteiger partial charge on any atom is -0.255 e. The standard InChI is InChI=1S/C9H12.Cl2OS.H2O2/c1-8(2)9-6-4-3-5-7-9;1-4(2)3;1-2/h3-8H,1-2H3;;1-2H. The monoisotopic (exact) mass is 272 g/mol. The lowest BCUT2D eigenvalue weighted by Crippen LogP contribution is -1.83. The van der Waals surface area contributed by atoms with Gasteiger partial charge in [-0.15, -0.1) is 0 Å². The van der Waals surface area contributed by atoms with E-state index >= 15 is 0 Å². The van der Waals surface area contributed by atoms with E-state index in [1.807, 2.05) is 6.07 Å². The van der Waals surface area contributed by atoms with Gasteiger partial charge in [0.2, 0.25) is 9.23 Å². The zero-order chi connectivity index (χ0) is 12.3. The molecule has 0 radical (unpaired) electrons. The van der Waals surface area contributed by atoms with Gasteiger partial charge in [-0.25, -0.2) is 4.21 Å². The predicted molar refractivity (Wildman–Crippen MR) is 65.6 cm³/mol. The molecule has 3 nitrogen and oxygen atoms in total. The second kappa shape index (κ2) is 11.9. The highest BCUT2D eigenvalue weighted by Crippen LogP contribution is 2.11. The van der Waals surface area contributed by atoms with Crippen LogP contribution in [0.3, 0.4) is 0 Å². The zero-order valence-corrected chi connectivity index (χ0v) is 10.8. The second-order valence-corrected chi connectivity index (χ2v) is 5.27. The van der Waals surface area contributed by atoms with Crippen molar-refractivity contribution in [1.82, 2.24) is 0 Å². The first-order valence-corrected chi connectivity index (χ1v) is 6.83. The number of hydrogen-bond donors (Lipinski definition) is 2. The largest absolute Gasteiger partial charge is 0.255 e. The Balaban J connectivity index is 0. The van der Waals surface area contributed by atoms with E-state index in [4.69, 9.17) is 14.7 Å². The highest BCUT2D eigenvalue weighted by Gasteiger charge is 1.93. The third kappa shape index (κ3) is 13.9. The van der Waals surface area contributed by atoms with Gasteiger partial charge in [0.1, 0.15) is 0 Å². The van der Waals surface area contributed by atoms with Crippen LogP contribution in [-0.2, 0) is 9.23 Å². The van der Waals surface area contributed by atoms with Crippen molar-refractivity contribution in [3.8, 4) is 0 Å². The van der Waals surface area contributed by atoms with Gasteiger partial charge < -0.3 is 0 Å². The van der Waals surface area contributed by atoms with Crippen LogP contribution < -0.4 is 0 Å². The molecule has 6 heteroatoms. The maximum absolute atomic E-state index is 9.09. The zero-order valence-electron chi connectivity index (χ0n) is 8.43. The molecule has 1 rings (SSSR count).